The molecule has 1 saturated heterocycles. The molecule has 0 unspecified atom stereocenters. The van der Waals surface area contributed by atoms with E-state index in [4.69, 9.17) is 4.74 Å². The summed E-state index contributed by atoms with van der Waals surface area (Å²) in [7, 11) is -2.01. The molecule has 10 heteroatoms. The average Bonchev–Trinajstić information content (AvgIpc) is 2.84. The summed E-state index contributed by atoms with van der Waals surface area (Å²) in [6.07, 6.45) is 1.99. The van der Waals surface area contributed by atoms with Gasteiger partial charge in [0.1, 0.15) is 5.75 Å². The lowest BCUT2D eigenvalue weighted by Gasteiger charge is -2.33. The fourth-order valence-corrected chi connectivity index (χ4v) is 4.30. The van der Waals surface area contributed by atoms with E-state index in [0.717, 1.165) is 37.2 Å². The van der Waals surface area contributed by atoms with Gasteiger partial charge in [-0.25, -0.2) is 13.2 Å². The predicted molar refractivity (Wildman–Crippen MR) is 130 cm³/mol. The van der Waals surface area contributed by atoms with Crippen LogP contribution in [-0.2, 0) is 16.6 Å². The lowest BCUT2D eigenvalue weighted by Crippen LogP contribution is -2.34. The van der Waals surface area contributed by atoms with Crippen molar-refractivity contribution in [2.75, 3.05) is 47.5 Å². The molecule has 180 valence electrons. The highest BCUT2D eigenvalue weighted by molar-refractivity contribution is 7.92. The van der Waals surface area contributed by atoms with Crippen LogP contribution in [0.2, 0.25) is 0 Å². The first kappa shape index (κ1) is 24.7. The summed E-state index contributed by atoms with van der Waals surface area (Å²) >= 11 is 0. The number of amides is 2. The van der Waals surface area contributed by atoms with E-state index in [1.54, 1.807) is 25.1 Å². The van der Waals surface area contributed by atoms with Gasteiger partial charge in [-0.2, -0.15) is 0 Å². The largest absolute Gasteiger partial charge is 0.494 e. The molecule has 0 bridgehead atoms. The van der Waals surface area contributed by atoms with E-state index in [9.17, 15) is 18.3 Å². The van der Waals surface area contributed by atoms with Gasteiger partial charge in [-0.3, -0.25) is 4.72 Å². The number of nitrogens with zero attached hydrogens (tertiary/aromatic N) is 1. The second-order valence-electron chi connectivity index (χ2n) is 8.01. The van der Waals surface area contributed by atoms with Gasteiger partial charge in [0.25, 0.3) is 0 Å². The summed E-state index contributed by atoms with van der Waals surface area (Å²) in [6, 6.07) is 12.4. The molecule has 1 aliphatic rings. The normalized spacial score (nSPS) is 14.6. The molecule has 1 aliphatic heterocycles. The Balaban J connectivity index is 1.52. The van der Waals surface area contributed by atoms with E-state index in [0.29, 0.717) is 29.6 Å². The monoisotopic (exact) mass is 476 g/mol. The second kappa shape index (κ2) is 11.2. The van der Waals surface area contributed by atoms with E-state index in [1.165, 1.54) is 7.11 Å². The Hall–Kier alpha value is -2.98. The van der Waals surface area contributed by atoms with Crippen LogP contribution in [0.4, 0.5) is 21.9 Å². The number of anilines is 3. The Kier molecular flexibility index (Phi) is 8.40. The SMILES string of the molecule is CCS(=O)(=O)Nc1ccc(NC(=O)NCc2ccc(N3CCC(CO)CC3)cc2)cc1OC. The number of benzene rings is 2. The number of carbonyl (C=O) groups is 1. The number of hydrogen-bond donors (Lipinski definition) is 4. The van der Waals surface area contributed by atoms with Gasteiger partial charge in [0.05, 0.1) is 18.6 Å². The van der Waals surface area contributed by atoms with Crippen molar-refractivity contribution in [3.8, 4) is 5.75 Å². The van der Waals surface area contributed by atoms with E-state index >= 15 is 0 Å². The third-order valence-corrected chi connectivity index (χ3v) is 7.02. The Morgan fingerprint density at radius 2 is 1.85 bits per heavy atom. The van der Waals surface area contributed by atoms with Gasteiger partial charge in [0, 0.05) is 43.7 Å². The quantitative estimate of drug-likeness (QED) is 0.442. The molecule has 2 aromatic rings. The number of aliphatic hydroxyl groups excluding tert-OH is 1. The Morgan fingerprint density at radius 3 is 2.45 bits per heavy atom. The number of urea groups is 1. The van der Waals surface area contributed by atoms with Gasteiger partial charge >= 0.3 is 6.03 Å². The molecule has 33 heavy (non-hydrogen) atoms. The first-order valence-corrected chi connectivity index (χ1v) is 12.7. The molecular weight excluding hydrogens is 444 g/mol. The van der Waals surface area contributed by atoms with Crippen molar-refractivity contribution in [1.82, 2.24) is 5.32 Å². The molecule has 4 N–H and O–H groups in total. The van der Waals surface area contributed by atoms with Crippen molar-refractivity contribution < 1.29 is 23.1 Å². The van der Waals surface area contributed by atoms with Crippen molar-refractivity contribution in [3.05, 3.63) is 48.0 Å². The molecule has 1 heterocycles. The maximum absolute atomic E-state index is 12.3. The van der Waals surface area contributed by atoms with Crippen molar-refractivity contribution in [3.63, 3.8) is 0 Å². The van der Waals surface area contributed by atoms with Crippen LogP contribution in [0.1, 0.15) is 25.3 Å². The predicted octanol–water partition coefficient (Wildman–Crippen LogP) is 2.99. The van der Waals surface area contributed by atoms with E-state index in [1.807, 2.05) is 12.1 Å². The zero-order valence-corrected chi connectivity index (χ0v) is 19.8. The molecule has 0 spiro atoms. The standard InChI is InChI=1S/C23H32N4O5S/c1-3-33(30,31)26-21-9-6-19(14-22(21)32-2)25-23(29)24-15-17-4-7-20(8-5-17)27-12-10-18(16-28)11-13-27/h4-9,14,18,26,28H,3,10-13,15-16H2,1-2H3,(H2,24,25,29). The molecule has 0 aliphatic carbocycles. The topological polar surface area (TPSA) is 120 Å². The van der Waals surface area contributed by atoms with Crippen LogP contribution in [-0.4, -0.2) is 52.1 Å². The van der Waals surface area contributed by atoms with Gasteiger partial charge in [0.2, 0.25) is 10.0 Å². The molecule has 0 saturated carbocycles. The number of hydrogen-bond acceptors (Lipinski definition) is 6. The number of aliphatic hydroxyl groups is 1. The minimum atomic E-state index is -3.44. The van der Waals surface area contributed by atoms with Crippen LogP contribution in [0.25, 0.3) is 0 Å². The first-order valence-electron chi connectivity index (χ1n) is 11.0. The Morgan fingerprint density at radius 1 is 1.15 bits per heavy atom. The molecule has 9 nitrogen and oxygen atoms in total. The lowest BCUT2D eigenvalue weighted by atomic mass is 9.97. The summed E-state index contributed by atoms with van der Waals surface area (Å²) in [4.78, 5) is 14.6. The molecule has 0 radical (unpaired) electrons. The van der Waals surface area contributed by atoms with Gasteiger partial charge in [-0.15, -0.1) is 0 Å². The van der Waals surface area contributed by atoms with Crippen LogP contribution in [0.15, 0.2) is 42.5 Å². The fourth-order valence-electron chi connectivity index (χ4n) is 3.65. The lowest BCUT2D eigenvalue weighted by molar-refractivity contribution is 0.203. The number of sulfonamides is 1. The summed E-state index contributed by atoms with van der Waals surface area (Å²) in [5.74, 6) is 0.658. The van der Waals surface area contributed by atoms with Crippen molar-refractivity contribution in [2.45, 2.75) is 26.3 Å². The number of carbonyl (C=O) groups excluding carboxylic acids is 1. The maximum Gasteiger partial charge on any atom is 0.319 e. The van der Waals surface area contributed by atoms with Gasteiger partial charge in [-0.05, 0) is 55.5 Å². The zero-order valence-electron chi connectivity index (χ0n) is 19.0. The molecule has 2 aromatic carbocycles. The molecular formula is C23H32N4O5S. The highest BCUT2D eigenvalue weighted by Crippen LogP contribution is 2.29. The number of rotatable bonds is 9. The molecule has 0 aromatic heterocycles. The summed E-state index contributed by atoms with van der Waals surface area (Å²) in [5.41, 5.74) is 2.91. The number of ether oxygens (including phenoxy) is 1. The smallest absolute Gasteiger partial charge is 0.319 e. The van der Waals surface area contributed by atoms with E-state index in [-0.39, 0.29) is 18.4 Å². The summed E-state index contributed by atoms with van der Waals surface area (Å²) < 4.78 is 31.3. The Labute approximate surface area is 195 Å². The third kappa shape index (κ3) is 7.00. The summed E-state index contributed by atoms with van der Waals surface area (Å²) in [5, 5.41) is 14.8. The van der Waals surface area contributed by atoms with Crippen LogP contribution in [0.5, 0.6) is 5.75 Å². The van der Waals surface area contributed by atoms with Crippen molar-refractivity contribution >= 4 is 33.1 Å². The highest BCUT2D eigenvalue weighted by atomic mass is 32.2. The van der Waals surface area contributed by atoms with Crippen LogP contribution in [0, 0.1) is 5.92 Å². The number of methoxy groups -OCH3 is 1. The second-order valence-corrected chi connectivity index (χ2v) is 10.0. The van der Waals surface area contributed by atoms with Gasteiger partial charge in [-0.1, -0.05) is 12.1 Å². The van der Waals surface area contributed by atoms with Crippen LogP contribution in [0.3, 0.4) is 0 Å². The molecule has 3 rings (SSSR count). The summed E-state index contributed by atoms with van der Waals surface area (Å²) in [6.45, 7) is 4.05. The van der Waals surface area contributed by atoms with E-state index < -0.39 is 10.0 Å². The van der Waals surface area contributed by atoms with E-state index in [2.05, 4.69) is 32.4 Å². The number of piperidine rings is 1. The third-order valence-electron chi connectivity index (χ3n) is 5.73. The molecule has 1 fully saturated rings. The minimum Gasteiger partial charge on any atom is -0.494 e. The van der Waals surface area contributed by atoms with Crippen molar-refractivity contribution in [2.24, 2.45) is 5.92 Å². The number of nitrogens with one attached hydrogen (secondary N) is 3. The Bertz CT molecular complexity index is 1040. The zero-order chi connectivity index (χ0) is 23.8. The highest BCUT2D eigenvalue weighted by Gasteiger charge is 2.18. The molecule has 0 atom stereocenters. The first-order chi connectivity index (χ1) is 15.8. The van der Waals surface area contributed by atoms with Gasteiger partial charge in [0.15, 0.2) is 0 Å². The van der Waals surface area contributed by atoms with Crippen LogP contribution >= 0.6 is 0 Å². The van der Waals surface area contributed by atoms with Crippen molar-refractivity contribution in [1.29, 1.82) is 0 Å². The molecule has 2 amide bonds. The fraction of sp³-hybridized carbons (Fsp3) is 0.435. The minimum absolute atomic E-state index is 0.0538. The average molecular weight is 477 g/mol. The van der Waals surface area contributed by atoms with Crippen LogP contribution < -0.4 is 25.0 Å². The van der Waals surface area contributed by atoms with Gasteiger partial charge < -0.3 is 25.4 Å². The maximum atomic E-state index is 12.3.